The van der Waals surface area contributed by atoms with Gasteiger partial charge in [-0.15, -0.1) is 11.3 Å². The van der Waals surface area contributed by atoms with Crippen molar-refractivity contribution in [1.29, 1.82) is 0 Å². The quantitative estimate of drug-likeness (QED) is 0.166. The van der Waals surface area contributed by atoms with Gasteiger partial charge in [0.2, 0.25) is 0 Å². The number of fused-ring (bicyclic) bond motifs is 12. The first-order chi connectivity index (χ1) is 34.7. The van der Waals surface area contributed by atoms with E-state index in [2.05, 4.69) is 150 Å². The molecule has 10 aromatic carbocycles. The average molecular weight is 913 g/mol. The number of aromatic nitrogens is 4. The van der Waals surface area contributed by atoms with Crippen LogP contribution in [-0.2, 0) is 0 Å². The van der Waals surface area contributed by atoms with Crippen LogP contribution in [0.15, 0.2) is 227 Å². The van der Waals surface area contributed by atoms with Crippen molar-refractivity contribution in [2.24, 2.45) is 0 Å². The summed E-state index contributed by atoms with van der Waals surface area (Å²) >= 11 is 1.81. The molecule has 7 heteroatoms. The van der Waals surface area contributed by atoms with Crippen LogP contribution in [0.3, 0.4) is 0 Å². The van der Waals surface area contributed by atoms with Gasteiger partial charge in [0.15, 0.2) is 23.1 Å². The van der Waals surface area contributed by atoms with Gasteiger partial charge < -0.3 is 13.4 Å². The van der Waals surface area contributed by atoms with Crippen LogP contribution in [0.1, 0.15) is 0 Å². The highest BCUT2D eigenvalue weighted by Crippen LogP contribution is 2.45. The molecule has 0 N–H and O–H groups in total. The van der Waals surface area contributed by atoms with Crippen LogP contribution >= 0.6 is 11.3 Å². The Labute approximate surface area is 404 Å². The van der Waals surface area contributed by atoms with Crippen LogP contribution in [0.5, 0.6) is 0 Å². The van der Waals surface area contributed by atoms with Crippen LogP contribution in [0, 0.1) is 0 Å². The van der Waals surface area contributed by atoms with Gasteiger partial charge in [-0.2, -0.15) is 0 Å². The van der Waals surface area contributed by atoms with Crippen molar-refractivity contribution in [2.45, 2.75) is 0 Å². The van der Waals surface area contributed by atoms with Gasteiger partial charge in [0.25, 0.3) is 0 Å². The van der Waals surface area contributed by atoms with E-state index in [0.717, 1.165) is 99.5 Å². The van der Waals surface area contributed by atoms with Crippen molar-refractivity contribution >= 4 is 97.2 Å². The Morgan fingerprint density at radius 2 is 0.886 bits per heavy atom. The topological polar surface area (TPSA) is 69.9 Å². The molecule has 0 aliphatic carbocycles. The minimum Gasteiger partial charge on any atom is -0.455 e. The molecule has 0 amide bonds. The van der Waals surface area contributed by atoms with Crippen LogP contribution < -0.4 is 0 Å². The SMILES string of the molecule is c1ccc(-c2nc(-c3ccccc3)nc(-c3cc(-c4ccc5c(c4)sc4cc(-c6cccc7c6oc6ccccc67)ccc45)cc4oc5c(-n6c7ccccc7c7ccccc76)cccc5c34)n2)cc1. The van der Waals surface area contributed by atoms with Gasteiger partial charge in [-0.1, -0.05) is 170 Å². The molecule has 0 saturated heterocycles. The first kappa shape index (κ1) is 38.9. The maximum atomic E-state index is 7.20. The van der Waals surface area contributed by atoms with E-state index < -0.39 is 0 Å². The average Bonchev–Trinajstić information content (AvgIpc) is 4.20. The molecule has 0 spiro atoms. The van der Waals surface area contributed by atoms with E-state index in [9.17, 15) is 0 Å². The van der Waals surface area contributed by atoms with E-state index in [1.165, 1.54) is 30.9 Å². The summed E-state index contributed by atoms with van der Waals surface area (Å²) in [4.78, 5) is 15.7. The molecule has 0 bridgehead atoms. The highest BCUT2D eigenvalue weighted by molar-refractivity contribution is 7.25. The molecule has 0 fully saturated rings. The van der Waals surface area contributed by atoms with Gasteiger partial charge >= 0.3 is 0 Å². The van der Waals surface area contributed by atoms with Crippen molar-refractivity contribution in [3.05, 3.63) is 218 Å². The number of furan rings is 2. The second-order valence-electron chi connectivity index (χ2n) is 17.9. The lowest BCUT2D eigenvalue weighted by Gasteiger charge is -2.11. The van der Waals surface area contributed by atoms with Gasteiger partial charge in [-0.05, 0) is 65.2 Å². The second-order valence-corrected chi connectivity index (χ2v) is 18.9. The lowest BCUT2D eigenvalue weighted by atomic mass is 9.97. The number of para-hydroxylation sites is 5. The molecule has 70 heavy (non-hydrogen) atoms. The Hall–Kier alpha value is -9.17. The normalized spacial score (nSPS) is 12.0. The van der Waals surface area contributed by atoms with Crippen molar-refractivity contribution in [3.8, 4) is 62.1 Å². The molecule has 15 aromatic rings. The molecule has 15 rings (SSSR count). The van der Waals surface area contributed by atoms with E-state index in [1.807, 2.05) is 84.1 Å². The zero-order chi connectivity index (χ0) is 45.9. The molecular weight excluding hydrogens is 877 g/mol. The summed E-state index contributed by atoms with van der Waals surface area (Å²) in [6.07, 6.45) is 0. The first-order valence-corrected chi connectivity index (χ1v) is 24.2. The van der Waals surface area contributed by atoms with Crippen molar-refractivity contribution < 1.29 is 8.83 Å². The van der Waals surface area contributed by atoms with E-state index in [1.54, 1.807) is 0 Å². The fourth-order valence-corrected chi connectivity index (χ4v) is 11.8. The van der Waals surface area contributed by atoms with Crippen molar-refractivity contribution in [3.63, 3.8) is 0 Å². The van der Waals surface area contributed by atoms with E-state index >= 15 is 0 Å². The van der Waals surface area contributed by atoms with Gasteiger partial charge in [-0.3, -0.25) is 0 Å². The summed E-state index contributed by atoms with van der Waals surface area (Å²) in [7, 11) is 0. The molecule has 0 saturated carbocycles. The van der Waals surface area contributed by atoms with Gasteiger partial charge in [0, 0.05) is 74.7 Å². The second kappa shape index (κ2) is 15.2. The lowest BCUT2D eigenvalue weighted by molar-refractivity contribution is 0.666. The Bertz CT molecular complexity index is 4490. The van der Waals surface area contributed by atoms with Crippen molar-refractivity contribution in [2.75, 3.05) is 0 Å². The molecule has 0 aliphatic heterocycles. The Kier molecular flexibility index (Phi) is 8.43. The summed E-state index contributed by atoms with van der Waals surface area (Å²) in [5, 5.41) is 9.01. The van der Waals surface area contributed by atoms with E-state index in [0.29, 0.717) is 17.5 Å². The summed E-state index contributed by atoms with van der Waals surface area (Å²) < 4.78 is 18.4. The summed E-state index contributed by atoms with van der Waals surface area (Å²) in [5.41, 5.74) is 13.5. The molecule has 0 aliphatic rings. The number of benzene rings is 10. The predicted octanol–water partition coefficient (Wildman–Crippen LogP) is 17.5. The Balaban J connectivity index is 0.952. The zero-order valence-electron chi connectivity index (χ0n) is 37.3. The molecular formula is C63H36N4O2S. The molecule has 326 valence electrons. The van der Waals surface area contributed by atoms with Crippen LogP contribution in [-0.4, -0.2) is 19.5 Å². The zero-order valence-corrected chi connectivity index (χ0v) is 38.1. The number of nitrogens with zero attached hydrogens (tertiary/aromatic N) is 4. The highest BCUT2D eigenvalue weighted by atomic mass is 32.1. The number of thiophene rings is 1. The smallest absolute Gasteiger partial charge is 0.164 e. The van der Waals surface area contributed by atoms with Gasteiger partial charge in [-0.25, -0.2) is 15.0 Å². The summed E-state index contributed by atoms with van der Waals surface area (Å²) in [6.45, 7) is 0. The van der Waals surface area contributed by atoms with E-state index in [4.69, 9.17) is 23.8 Å². The maximum absolute atomic E-state index is 7.20. The number of hydrogen-bond acceptors (Lipinski definition) is 6. The van der Waals surface area contributed by atoms with Crippen LogP contribution in [0.25, 0.3) is 148 Å². The molecule has 0 atom stereocenters. The third-order valence-electron chi connectivity index (χ3n) is 13.9. The molecule has 5 aromatic heterocycles. The fourth-order valence-electron chi connectivity index (χ4n) is 10.6. The van der Waals surface area contributed by atoms with Crippen LogP contribution in [0.4, 0.5) is 0 Å². The predicted molar refractivity (Wildman–Crippen MR) is 289 cm³/mol. The third-order valence-corrected chi connectivity index (χ3v) is 15.0. The standard InChI is InChI=1S/C63H36N4O2S/c1-3-15-37(16-4-1)61-64-62(38-17-5-2-6-18-38)66-63(65-61)50-33-41(34-55-58(50)49-24-14-27-53(60(49)69-55)67-51-25-10-7-19-43(51)44-20-8-11-26-52(44)67)39-29-31-46-47-32-30-40(36-57(47)70-56(46)35-39)42-22-13-23-48-45-21-9-12-28-54(45)68-59(42)48/h1-36H. The van der Waals surface area contributed by atoms with Crippen molar-refractivity contribution in [1.82, 2.24) is 19.5 Å². The number of hydrogen-bond donors (Lipinski definition) is 0. The first-order valence-electron chi connectivity index (χ1n) is 23.4. The summed E-state index contributed by atoms with van der Waals surface area (Å²) in [5.74, 6) is 1.77. The Morgan fingerprint density at radius 3 is 1.60 bits per heavy atom. The molecule has 0 radical (unpaired) electrons. The molecule has 5 heterocycles. The minimum atomic E-state index is 0.569. The highest BCUT2D eigenvalue weighted by Gasteiger charge is 2.23. The molecule has 6 nitrogen and oxygen atoms in total. The van der Waals surface area contributed by atoms with E-state index in [-0.39, 0.29) is 0 Å². The third kappa shape index (κ3) is 5.95. The maximum Gasteiger partial charge on any atom is 0.164 e. The lowest BCUT2D eigenvalue weighted by Crippen LogP contribution is -2.00. The molecule has 0 unspecified atom stereocenters. The van der Waals surface area contributed by atoms with Gasteiger partial charge in [0.1, 0.15) is 16.7 Å². The minimum absolute atomic E-state index is 0.569. The fraction of sp³-hybridized carbons (Fsp3) is 0. The monoisotopic (exact) mass is 912 g/mol. The summed E-state index contributed by atoms with van der Waals surface area (Å²) in [6, 6.07) is 76.6. The van der Waals surface area contributed by atoms with Gasteiger partial charge in [0.05, 0.1) is 16.7 Å². The largest absolute Gasteiger partial charge is 0.455 e. The van der Waals surface area contributed by atoms with Crippen LogP contribution in [0.2, 0.25) is 0 Å². The number of rotatable bonds is 6. The Morgan fingerprint density at radius 1 is 0.329 bits per heavy atom.